The van der Waals surface area contributed by atoms with Gasteiger partial charge in [-0.3, -0.25) is 0 Å². The lowest BCUT2D eigenvalue weighted by atomic mass is 10.2. The van der Waals surface area contributed by atoms with E-state index in [-0.39, 0.29) is 5.82 Å². The summed E-state index contributed by atoms with van der Waals surface area (Å²) in [6, 6.07) is 10.5. The fourth-order valence-corrected chi connectivity index (χ4v) is 1.68. The molecular formula is C12H10BrFN2. The average molecular weight is 281 g/mol. The van der Waals surface area contributed by atoms with Crippen molar-refractivity contribution >= 4 is 27.4 Å². The van der Waals surface area contributed by atoms with Crippen molar-refractivity contribution in [2.24, 2.45) is 0 Å². The van der Waals surface area contributed by atoms with E-state index in [0.717, 1.165) is 5.56 Å². The van der Waals surface area contributed by atoms with Crippen LogP contribution in [0.1, 0.15) is 5.56 Å². The highest BCUT2D eigenvalue weighted by Crippen LogP contribution is 2.20. The predicted molar refractivity (Wildman–Crippen MR) is 66.4 cm³/mol. The molecule has 4 heteroatoms. The smallest absolute Gasteiger partial charge is 0.146 e. The number of aromatic nitrogens is 1. The van der Waals surface area contributed by atoms with Gasteiger partial charge in [0.15, 0.2) is 0 Å². The van der Waals surface area contributed by atoms with Gasteiger partial charge in [0.1, 0.15) is 16.2 Å². The molecule has 16 heavy (non-hydrogen) atoms. The molecule has 0 aliphatic heterocycles. The number of aryl methyl sites for hydroxylation is 1. The normalized spacial score (nSPS) is 10.2. The Kier molecular flexibility index (Phi) is 3.19. The van der Waals surface area contributed by atoms with Gasteiger partial charge in [0, 0.05) is 0 Å². The van der Waals surface area contributed by atoms with Crippen LogP contribution in [0, 0.1) is 12.7 Å². The first-order chi connectivity index (χ1) is 7.65. The highest BCUT2D eigenvalue weighted by atomic mass is 79.9. The summed E-state index contributed by atoms with van der Waals surface area (Å²) in [6.45, 7) is 1.85. The molecule has 0 unspecified atom stereocenters. The van der Waals surface area contributed by atoms with E-state index in [4.69, 9.17) is 0 Å². The lowest BCUT2D eigenvalue weighted by Gasteiger charge is -2.07. The molecule has 0 aliphatic rings. The van der Waals surface area contributed by atoms with Crippen molar-refractivity contribution < 1.29 is 4.39 Å². The Morgan fingerprint density at radius 2 is 2.06 bits per heavy atom. The Hall–Kier alpha value is -1.42. The molecular weight excluding hydrogens is 271 g/mol. The van der Waals surface area contributed by atoms with Gasteiger partial charge in [-0.15, -0.1) is 0 Å². The number of benzene rings is 1. The molecule has 2 nitrogen and oxygen atoms in total. The molecule has 1 aromatic heterocycles. The monoisotopic (exact) mass is 280 g/mol. The van der Waals surface area contributed by atoms with Crippen molar-refractivity contribution in [3.05, 3.63) is 52.4 Å². The third kappa shape index (κ3) is 2.58. The van der Waals surface area contributed by atoms with E-state index in [1.54, 1.807) is 12.1 Å². The van der Waals surface area contributed by atoms with Crippen LogP contribution in [0.4, 0.5) is 15.9 Å². The van der Waals surface area contributed by atoms with E-state index in [1.165, 1.54) is 6.07 Å². The second kappa shape index (κ2) is 4.61. The maximum absolute atomic E-state index is 13.5. The number of anilines is 2. The van der Waals surface area contributed by atoms with Gasteiger partial charge in [-0.2, -0.15) is 0 Å². The molecule has 0 saturated carbocycles. The largest absolute Gasteiger partial charge is 0.338 e. The quantitative estimate of drug-likeness (QED) is 0.840. The molecule has 82 valence electrons. The minimum atomic E-state index is -0.276. The zero-order valence-electron chi connectivity index (χ0n) is 8.67. The van der Waals surface area contributed by atoms with Crippen molar-refractivity contribution in [1.29, 1.82) is 0 Å². The molecule has 2 rings (SSSR count). The first-order valence-corrected chi connectivity index (χ1v) is 5.60. The Labute approximate surface area is 102 Å². The van der Waals surface area contributed by atoms with Crippen LogP contribution in [-0.2, 0) is 0 Å². The highest BCUT2D eigenvalue weighted by Gasteiger charge is 2.03. The van der Waals surface area contributed by atoms with Crippen LogP contribution in [0.15, 0.2) is 41.0 Å². The molecule has 1 heterocycles. The molecule has 0 saturated heterocycles. The Morgan fingerprint density at radius 1 is 1.25 bits per heavy atom. The summed E-state index contributed by atoms with van der Waals surface area (Å²) in [5, 5.41) is 2.92. The molecule has 1 aromatic carbocycles. The fraction of sp³-hybridized carbons (Fsp3) is 0.0833. The molecule has 0 aliphatic carbocycles. The third-order valence-corrected chi connectivity index (χ3v) is 2.54. The standard InChI is InChI=1S/C12H10BrFN2/c1-8-5-6-10(9(14)7-8)15-12-4-2-3-11(13)16-12/h2-7H,1H3,(H,15,16). The number of rotatable bonds is 2. The van der Waals surface area contributed by atoms with E-state index >= 15 is 0 Å². The molecule has 1 N–H and O–H groups in total. The Bertz CT molecular complexity index is 514. The number of pyridine rings is 1. The van der Waals surface area contributed by atoms with Crippen LogP contribution in [-0.4, -0.2) is 4.98 Å². The van der Waals surface area contributed by atoms with E-state index in [0.29, 0.717) is 16.1 Å². The van der Waals surface area contributed by atoms with Crippen LogP contribution in [0.3, 0.4) is 0 Å². The highest BCUT2D eigenvalue weighted by molar-refractivity contribution is 9.10. The summed E-state index contributed by atoms with van der Waals surface area (Å²) in [6.07, 6.45) is 0. The first kappa shape index (κ1) is 11.1. The molecule has 0 fully saturated rings. The van der Waals surface area contributed by atoms with Gasteiger partial charge in [-0.1, -0.05) is 12.1 Å². The van der Waals surface area contributed by atoms with Crippen molar-refractivity contribution in [3.8, 4) is 0 Å². The third-order valence-electron chi connectivity index (χ3n) is 2.10. The van der Waals surface area contributed by atoms with Gasteiger partial charge in [0.2, 0.25) is 0 Å². The molecule has 0 amide bonds. The summed E-state index contributed by atoms with van der Waals surface area (Å²) in [7, 11) is 0. The minimum absolute atomic E-state index is 0.276. The van der Waals surface area contributed by atoms with E-state index in [1.807, 2.05) is 25.1 Å². The zero-order valence-corrected chi connectivity index (χ0v) is 10.3. The van der Waals surface area contributed by atoms with E-state index < -0.39 is 0 Å². The van der Waals surface area contributed by atoms with Crippen molar-refractivity contribution in [1.82, 2.24) is 4.98 Å². The molecule has 0 radical (unpaired) electrons. The van der Waals surface area contributed by atoms with Gasteiger partial charge < -0.3 is 5.32 Å². The van der Waals surface area contributed by atoms with Crippen LogP contribution >= 0.6 is 15.9 Å². The van der Waals surface area contributed by atoms with Crippen LogP contribution in [0.25, 0.3) is 0 Å². The van der Waals surface area contributed by atoms with E-state index in [9.17, 15) is 4.39 Å². The average Bonchev–Trinajstić information content (AvgIpc) is 2.22. The van der Waals surface area contributed by atoms with Crippen molar-refractivity contribution in [3.63, 3.8) is 0 Å². The van der Waals surface area contributed by atoms with Crippen molar-refractivity contribution in [2.75, 3.05) is 5.32 Å². The number of hydrogen-bond donors (Lipinski definition) is 1. The molecule has 2 aromatic rings. The van der Waals surface area contributed by atoms with E-state index in [2.05, 4.69) is 26.2 Å². The maximum Gasteiger partial charge on any atom is 0.146 e. The van der Waals surface area contributed by atoms with Crippen LogP contribution in [0.2, 0.25) is 0 Å². The summed E-state index contributed by atoms with van der Waals surface area (Å²) < 4.78 is 14.2. The SMILES string of the molecule is Cc1ccc(Nc2cccc(Br)n2)c(F)c1. The minimum Gasteiger partial charge on any atom is -0.338 e. The number of hydrogen-bond acceptors (Lipinski definition) is 2. The Morgan fingerprint density at radius 3 is 2.75 bits per heavy atom. The van der Waals surface area contributed by atoms with Gasteiger partial charge in [0.05, 0.1) is 5.69 Å². The lowest BCUT2D eigenvalue weighted by molar-refractivity contribution is 0.630. The summed E-state index contributed by atoms with van der Waals surface area (Å²) in [5.41, 5.74) is 1.32. The predicted octanol–water partition coefficient (Wildman–Crippen LogP) is 4.04. The van der Waals surface area contributed by atoms with Crippen LogP contribution < -0.4 is 5.32 Å². The van der Waals surface area contributed by atoms with Gasteiger partial charge in [-0.05, 0) is 52.7 Å². The first-order valence-electron chi connectivity index (χ1n) is 4.81. The lowest BCUT2D eigenvalue weighted by Crippen LogP contribution is -1.96. The summed E-state index contributed by atoms with van der Waals surface area (Å²) >= 11 is 3.26. The van der Waals surface area contributed by atoms with Crippen molar-refractivity contribution in [2.45, 2.75) is 6.92 Å². The number of nitrogens with zero attached hydrogens (tertiary/aromatic N) is 1. The maximum atomic E-state index is 13.5. The summed E-state index contributed by atoms with van der Waals surface area (Å²) in [5.74, 6) is 0.332. The Balaban J connectivity index is 2.27. The second-order valence-electron chi connectivity index (χ2n) is 3.45. The van der Waals surface area contributed by atoms with Crippen LogP contribution in [0.5, 0.6) is 0 Å². The number of nitrogens with one attached hydrogen (secondary N) is 1. The van der Waals surface area contributed by atoms with Gasteiger partial charge >= 0.3 is 0 Å². The fourth-order valence-electron chi connectivity index (χ4n) is 1.34. The molecule has 0 spiro atoms. The molecule has 0 atom stereocenters. The molecule has 0 bridgehead atoms. The number of halogens is 2. The topological polar surface area (TPSA) is 24.9 Å². The van der Waals surface area contributed by atoms with Gasteiger partial charge in [0.25, 0.3) is 0 Å². The van der Waals surface area contributed by atoms with Gasteiger partial charge in [-0.25, -0.2) is 9.37 Å². The zero-order chi connectivity index (χ0) is 11.5. The summed E-state index contributed by atoms with van der Waals surface area (Å²) in [4.78, 5) is 4.17. The second-order valence-corrected chi connectivity index (χ2v) is 4.27.